The molecule has 3 atom stereocenters. The molecule has 20 heavy (non-hydrogen) atoms. The van der Waals surface area contributed by atoms with Crippen molar-refractivity contribution >= 4 is 42.1 Å². The van der Waals surface area contributed by atoms with E-state index in [1.807, 2.05) is 20.0 Å². The van der Waals surface area contributed by atoms with E-state index in [9.17, 15) is 4.79 Å². The minimum absolute atomic E-state index is 0. The third kappa shape index (κ3) is 5.20. The zero-order valence-corrected chi connectivity index (χ0v) is 14.2. The highest BCUT2D eigenvalue weighted by molar-refractivity contribution is 7.11. The van der Waals surface area contributed by atoms with Crippen molar-refractivity contribution in [3.63, 3.8) is 0 Å². The van der Waals surface area contributed by atoms with Gasteiger partial charge in [-0.1, -0.05) is 6.42 Å². The van der Waals surface area contributed by atoms with E-state index < -0.39 is 0 Å². The SMILES string of the molecule is Cc1cnc(C(C)NC(=O)C2CCCC(N)C2)s1.Cl.Cl. The Balaban J connectivity index is 0.00000180. The van der Waals surface area contributed by atoms with Crippen molar-refractivity contribution in [1.82, 2.24) is 10.3 Å². The number of aromatic nitrogens is 1. The van der Waals surface area contributed by atoms with Crippen molar-refractivity contribution in [2.45, 2.75) is 51.6 Å². The Kier molecular flexibility index (Phi) is 8.66. The summed E-state index contributed by atoms with van der Waals surface area (Å²) in [4.78, 5) is 17.6. The third-order valence-electron chi connectivity index (χ3n) is 3.45. The van der Waals surface area contributed by atoms with Crippen LogP contribution in [0.25, 0.3) is 0 Å². The maximum atomic E-state index is 12.1. The smallest absolute Gasteiger partial charge is 0.223 e. The number of carbonyl (C=O) groups excluding carboxylic acids is 1. The summed E-state index contributed by atoms with van der Waals surface area (Å²) in [6.45, 7) is 4.01. The number of nitrogens with zero attached hydrogens (tertiary/aromatic N) is 1. The minimum Gasteiger partial charge on any atom is -0.347 e. The number of thiazole rings is 1. The largest absolute Gasteiger partial charge is 0.347 e. The van der Waals surface area contributed by atoms with Crippen molar-refractivity contribution in [3.8, 4) is 0 Å². The Morgan fingerprint density at radius 2 is 2.20 bits per heavy atom. The summed E-state index contributed by atoms with van der Waals surface area (Å²) in [6, 6.07) is 0.182. The molecule has 3 N–H and O–H groups in total. The third-order valence-corrected chi connectivity index (χ3v) is 4.55. The lowest BCUT2D eigenvalue weighted by Crippen LogP contribution is -2.38. The lowest BCUT2D eigenvalue weighted by atomic mass is 9.85. The Morgan fingerprint density at radius 3 is 2.75 bits per heavy atom. The van der Waals surface area contributed by atoms with Gasteiger partial charge in [0, 0.05) is 23.0 Å². The molecule has 0 aromatic carbocycles. The van der Waals surface area contributed by atoms with Gasteiger partial charge in [-0.05, 0) is 33.1 Å². The first-order valence-electron chi connectivity index (χ1n) is 6.54. The van der Waals surface area contributed by atoms with Gasteiger partial charge in [0.25, 0.3) is 0 Å². The first kappa shape index (κ1) is 19.6. The highest BCUT2D eigenvalue weighted by Gasteiger charge is 2.26. The number of hydrogen-bond acceptors (Lipinski definition) is 4. The predicted octanol–water partition coefficient (Wildman–Crippen LogP) is 2.99. The molecule has 1 amide bonds. The Morgan fingerprint density at radius 1 is 1.50 bits per heavy atom. The number of aryl methyl sites for hydroxylation is 1. The van der Waals surface area contributed by atoms with E-state index in [1.165, 1.54) is 4.88 Å². The van der Waals surface area contributed by atoms with Crippen molar-refractivity contribution in [1.29, 1.82) is 0 Å². The Labute approximate surface area is 136 Å². The summed E-state index contributed by atoms with van der Waals surface area (Å²) in [7, 11) is 0. The molecule has 0 bridgehead atoms. The van der Waals surface area contributed by atoms with Gasteiger partial charge in [-0.25, -0.2) is 4.98 Å². The van der Waals surface area contributed by atoms with Crippen molar-refractivity contribution < 1.29 is 4.79 Å². The molecule has 0 aliphatic heterocycles. The fourth-order valence-electron chi connectivity index (χ4n) is 2.43. The van der Waals surface area contributed by atoms with Gasteiger partial charge in [-0.3, -0.25) is 4.79 Å². The molecule has 1 aromatic rings. The van der Waals surface area contributed by atoms with Gasteiger partial charge in [0.05, 0.1) is 6.04 Å². The minimum atomic E-state index is -0.00523. The number of nitrogens with one attached hydrogen (secondary N) is 1. The molecule has 3 unspecified atom stereocenters. The van der Waals surface area contributed by atoms with Crippen LogP contribution in [0.3, 0.4) is 0 Å². The first-order valence-corrected chi connectivity index (χ1v) is 7.36. The predicted molar refractivity (Wildman–Crippen MR) is 87.8 cm³/mol. The standard InChI is InChI=1S/C13H21N3OS.2ClH/c1-8-7-15-13(18-8)9(2)16-12(17)10-4-3-5-11(14)6-10;;/h7,9-11H,3-6,14H2,1-2H3,(H,16,17);2*1H. The molecule has 0 radical (unpaired) electrons. The van der Waals surface area contributed by atoms with E-state index in [1.54, 1.807) is 11.3 Å². The molecule has 1 saturated carbocycles. The van der Waals surface area contributed by atoms with Crippen LogP contribution >= 0.6 is 36.2 Å². The average molecular weight is 340 g/mol. The van der Waals surface area contributed by atoms with Crippen molar-refractivity contribution in [2.24, 2.45) is 11.7 Å². The van der Waals surface area contributed by atoms with E-state index in [0.29, 0.717) is 0 Å². The van der Waals surface area contributed by atoms with Crippen molar-refractivity contribution in [2.75, 3.05) is 0 Å². The summed E-state index contributed by atoms with van der Waals surface area (Å²) >= 11 is 1.63. The molecular formula is C13H23Cl2N3OS. The first-order chi connectivity index (χ1) is 8.56. The summed E-state index contributed by atoms with van der Waals surface area (Å²) in [5.41, 5.74) is 5.92. The molecule has 1 heterocycles. The van der Waals surface area contributed by atoms with E-state index in [0.717, 1.165) is 30.7 Å². The Hall–Kier alpha value is -0.360. The molecule has 1 aliphatic rings. The fourth-order valence-corrected chi connectivity index (χ4v) is 3.21. The summed E-state index contributed by atoms with van der Waals surface area (Å²) < 4.78 is 0. The van der Waals surface area contributed by atoms with Crippen LogP contribution in [-0.2, 0) is 4.79 Å². The van der Waals surface area contributed by atoms with Crippen LogP contribution in [0.15, 0.2) is 6.20 Å². The van der Waals surface area contributed by atoms with Crippen LogP contribution in [0.4, 0.5) is 0 Å². The highest BCUT2D eigenvalue weighted by atomic mass is 35.5. The number of halogens is 2. The summed E-state index contributed by atoms with van der Waals surface area (Å²) in [6.07, 6.45) is 5.73. The molecule has 7 heteroatoms. The zero-order valence-electron chi connectivity index (χ0n) is 11.8. The van der Waals surface area contributed by atoms with Gasteiger partial charge in [-0.2, -0.15) is 0 Å². The summed E-state index contributed by atoms with van der Waals surface area (Å²) in [5.74, 6) is 0.211. The van der Waals surface area contributed by atoms with Crippen LogP contribution in [0.1, 0.15) is 48.5 Å². The molecule has 1 aromatic heterocycles. The van der Waals surface area contributed by atoms with Gasteiger partial charge in [0.15, 0.2) is 0 Å². The number of carbonyl (C=O) groups is 1. The number of rotatable bonds is 3. The van der Waals surface area contributed by atoms with Crippen LogP contribution in [-0.4, -0.2) is 16.9 Å². The molecule has 1 aliphatic carbocycles. The second-order valence-electron chi connectivity index (χ2n) is 5.16. The molecule has 0 spiro atoms. The summed E-state index contributed by atoms with van der Waals surface area (Å²) in [5, 5.41) is 4.03. The second kappa shape index (κ2) is 8.82. The number of hydrogen-bond donors (Lipinski definition) is 2. The average Bonchev–Trinajstić information content (AvgIpc) is 2.76. The molecular weight excluding hydrogens is 317 g/mol. The quantitative estimate of drug-likeness (QED) is 0.889. The Bertz CT molecular complexity index is 428. The second-order valence-corrected chi connectivity index (χ2v) is 6.43. The zero-order chi connectivity index (χ0) is 13.1. The van der Waals surface area contributed by atoms with Crippen LogP contribution in [0.5, 0.6) is 0 Å². The normalized spacial score (nSPS) is 23.1. The monoisotopic (exact) mass is 339 g/mol. The highest BCUT2D eigenvalue weighted by Crippen LogP contribution is 2.25. The van der Waals surface area contributed by atoms with Crippen LogP contribution in [0.2, 0.25) is 0 Å². The molecule has 116 valence electrons. The lowest BCUT2D eigenvalue weighted by Gasteiger charge is -2.26. The van der Waals surface area contributed by atoms with E-state index in [2.05, 4.69) is 10.3 Å². The maximum Gasteiger partial charge on any atom is 0.223 e. The van der Waals surface area contributed by atoms with Crippen LogP contribution in [0, 0.1) is 12.8 Å². The van der Waals surface area contributed by atoms with E-state index in [-0.39, 0.29) is 48.7 Å². The maximum absolute atomic E-state index is 12.1. The van der Waals surface area contributed by atoms with Gasteiger partial charge in [0.1, 0.15) is 5.01 Å². The topological polar surface area (TPSA) is 68.0 Å². The van der Waals surface area contributed by atoms with E-state index in [4.69, 9.17) is 5.73 Å². The van der Waals surface area contributed by atoms with Gasteiger partial charge >= 0.3 is 0 Å². The van der Waals surface area contributed by atoms with E-state index >= 15 is 0 Å². The van der Waals surface area contributed by atoms with Gasteiger partial charge in [0.2, 0.25) is 5.91 Å². The molecule has 4 nitrogen and oxygen atoms in total. The molecule has 0 saturated heterocycles. The van der Waals surface area contributed by atoms with Gasteiger partial charge in [-0.15, -0.1) is 36.2 Å². The van der Waals surface area contributed by atoms with Crippen molar-refractivity contribution in [3.05, 3.63) is 16.1 Å². The fraction of sp³-hybridized carbons (Fsp3) is 0.692. The number of amides is 1. The number of nitrogens with two attached hydrogens (primary N) is 1. The molecule has 1 fully saturated rings. The van der Waals surface area contributed by atoms with Crippen LogP contribution < -0.4 is 11.1 Å². The lowest BCUT2D eigenvalue weighted by molar-refractivity contribution is -0.126. The van der Waals surface area contributed by atoms with Gasteiger partial charge < -0.3 is 11.1 Å². The molecule has 2 rings (SSSR count).